The monoisotopic (exact) mass is 205 g/mol. The number of aryl methyl sites for hydroxylation is 1. The van der Waals surface area contributed by atoms with E-state index >= 15 is 0 Å². The SMILES string of the molecule is CC=C(C)N(N)CCc1ccc(C)nc1. The lowest BCUT2D eigenvalue weighted by atomic mass is 10.2. The van der Waals surface area contributed by atoms with Crippen LogP contribution in [-0.4, -0.2) is 16.5 Å². The van der Waals surface area contributed by atoms with Crippen molar-refractivity contribution in [1.29, 1.82) is 0 Å². The zero-order valence-electron chi connectivity index (χ0n) is 9.70. The van der Waals surface area contributed by atoms with E-state index in [2.05, 4.69) is 11.1 Å². The molecule has 0 aromatic carbocycles. The molecule has 15 heavy (non-hydrogen) atoms. The molecule has 1 heterocycles. The maximum atomic E-state index is 5.85. The van der Waals surface area contributed by atoms with Gasteiger partial charge in [0.05, 0.1) is 0 Å². The summed E-state index contributed by atoms with van der Waals surface area (Å²) in [4.78, 5) is 4.25. The average Bonchev–Trinajstić information content (AvgIpc) is 2.26. The minimum Gasteiger partial charge on any atom is -0.315 e. The highest BCUT2D eigenvalue weighted by atomic mass is 15.4. The number of aromatic nitrogens is 1. The highest BCUT2D eigenvalue weighted by molar-refractivity contribution is 5.13. The minimum atomic E-state index is 0.820. The maximum Gasteiger partial charge on any atom is 0.0379 e. The number of nitrogens with two attached hydrogens (primary N) is 1. The Kier molecular flexibility index (Phi) is 4.31. The average molecular weight is 205 g/mol. The van der Waals surface area contributed by atoms with Gasteiger partial charge >= 0.3 is 0 Å². The first-order chi connectivity index (χ1) is 7.13. The maximum absolute atomic E-state index is 5.85. The normalized spacial score (nSPS) is 11.6. The number of nitrogens with zero attached hydrogens (tertiary/aromatic N) is 2. The summed E-state index contributed by atoms with van der Waals surface area (Å²) in [6.07, 6.45) is 4.84. The molecule has 3 nitrogen and oxygen atoms in total. The predicted molar refractivity (Wildman–Crippen MR) is 63.0 cm³/mol. The summed E-state index contributed by atoms with van der Waals surface area (Å²) in [5.41, 5.74) is 3.36. The number of hydrazine groups is 1. The van der Waals surface area contributed by atoms with Crippen LogP contribution in [0.1, 0.15) is 25.1 Å². The molecule has 0 amide bonds. The molecule has 0 saturated heterocycles. The van der Waals surface area contributed by atoms with E-state index in [9.17, 15) is 0 Å². The Hall–Kier alpha value is -1.35. The second kappa shape index (κ2) is 5.51. The first kappa shape index (κ1) is 11.7. The predicted octanol–water partition coefficient (Wildman–Crippen LogP) is 2.03. The molecule has 0 saturated carbocycles. The second-order valence-electron chi connectivity index (χ2n) is 3.68. The van der Waals surface area contributed by atoms with Crippen molar-refractivity contribution < 1.29 is 0 Å². The first-order valence-corrected chi connectivity index (χ1v) is 5.20. The minimum absolute atomic E-state index is 0.820. The molecular formula is C12H19N3. The van der Waals surface area contributed by atoms with Gasteiger partial charge in [0.2, 0.25) is 0 Å². The van der Waals surface area contributed by atoms with Gasteiger partial charge in [0.25, 0.3) is 0 Å². The molecule has 82 valence electrons. The summed E-state index contributed by atoms with van der Waals surface area (Å²) in [5.74, 6) is 5.85. The highest BCUT2D eigenvalue weighted by Gasteiger charge is 1.99. The number of rotatable bonds is 4. The van der Waals surface area contributed by atoms with E-state index in [0.717, 1.165) is 24.4 Å². The lowest BCUT2D eigenvalue weighted by Crippen LogP contribution is -2.31. The van der Waals surface area contributed by atoms with Gasteiger partial charge in [-0.2, -0.15) is 0 Å². The van der Waals surface area contributed by atoms with Crippen LogP contribution in [0.25, 0.3) is 0 Å². The molecule has 0 aliphatic heterocycles. The Bertz CT molecular complexity index is 327. The summed E-state index contributed by atoms with van der Waals surface area (Å²) in [7, 11) is 0. The van der Waals surface area contributed by atoms with Crippen LogP contribution in [0.3, 0.4) is 0 Å². The van der Waals surface area contributed by atoms with Crippen molar-refractivity contribution in [1.82, 2.24) is 9.99 Å². The van der Waals surface area contributed by atoms with Crippen LogP contribution in [0.4, 0.5) is 0 Å². The standard InChI is InChI=1S/C12H19N3/c1-4-11(3)15(13)8-7-12-6-5-10(2)14-9-12/h4-6,9H,7-8,13H2,1-3H3. The molecule has 0 radical (unpaired) electrons. The summed E-state index contributed by atoms with van der Waals surface area (Å²) < 4.78 is 0. The van der Waals surface area contributed by atoms with Crippen LogP contribution in [0.5, 0.6) is 0 Å². The topological polar surface area (TPSA) is 42.1 Å². The van der Waals surface area contributed by atoms with Crippen molar-refractivity contribution in [3.63, 3.8) is 0 Å². The molecule has 0 aliphatic rings. The van der Waals surface area contributed by atoms with Gasteiger partial charge in [-0.3, -0.25) is 4.98 Å². The van der Waals surface area contributed by atoms with E-state index in [4.69, 9.17) is 5.84 Å². The fourth-order valence-electron chi connectivity index (χ4n) is 1.24. The Balaban J connectivity index is 2.47. The highest BCUT2D eigenvalue weighted by Crippen LogP contribution is 2.03. The second-order valence-corrected chi connectivity index (χ2v) is 3.68. The van der Waals surface area contributed by atoms with Gasteiger partial charge in [-0.1, -0.05) is 12.1 Å². The number of hydrogen-bond donors (Lipinski definition) is 1. The van der Waals surface area contributed by atoms with E-state index in [0.29, 0.717) is 0 Å². The van der Waals surface area contributed by atoms with Crippen molar-refractivity contribution in [3.8, 4) is 0 Å². The molecule has 0 bridgehead atoms. The lowest BCUT2D eigenvalue weighted by Gasteiger charge is -2.18. The first-order valence-electron chi connectivity index (χ1n) is 5.20. The van der Waals surface area contributed by atoms with Crippen molar-refractivity contribution in [2.24, 2.45) is 5.84 Å². The fraction of sp³-hybridized carbons (Fsp3) is 0.417. The molecule has 1 rings (SSSR count). The molecule has 3 heteroatoms. The Morgan fingerprint density at radius 1 is 1.53 bits per heavy atom. The van der Waals surface area contributed by atoms with E-state index in [1.54, 1.807) is 5.01 Å². The molecular weight excluding hydrogens is 186 g/mol. The Morgan fingerprint density at radius 3 is 2.80 bits per heavy atom. The lowest BCUT2D eigenvalue weighted by molar-refractivity contribution is 0.363. The molecule has 1 aromatic heterocycles. The third kappa shape index (κ3) is 3.72. The molecule has 0 spiro atoms. The Morgan fingerprint density at radius 2 is 2.27 bits per heavy atom. The Labute approximate surface area is 91.6 Å². The van der Waals surface area contributed by atoms with Crippen molar-refractivity contribution in [3.05, 3.63) is 41.4 Å². The van der Waals surface area contributed by atoms with Gasteiger partial charge in [-0.15, -0.1) is 0 Å². The van der Waals surface area contributed by atoms with E-state index in [1.165, 1.54) is 5.56 Å². The molecule has 0 atom stereocenters. The summed E-state index contributed by atoms with van der Waals surface area (Å²) >= 11 is 0. The van der Waals surface area contributed by atoms with E-state index in [-0.39, 0.29) is 0 Å². The number of allylic oxidation sites excluding steroid dienone is 2. The van der Waals surface area contributed by atoms with Crippen LogP contribution < -0.4 is 5.84 Å². The van der Waals surface area contributed by atoms with Crippen LogP contribution in [0.2, 0.25) is 0 Å². The van der Waals surface area contributed by atoms with Crippen molar-refractivity contribution in [2.75, 3.05) is 6.54 Å². The zero-order valence-corrected chi connectivity index (χ0v) is 9.70. The van der Waals surface area contributed by atoms with Crippen LogP contribution >= 0.6 is 0 Å². The third-order valence-electron chi connectivity index (χ3n) is 2.48. The van der Waals surface area contributed by atoms with Gasteiger partial charge < -0.3 is 5.01 Å². The van der Waals surface area contributed by atoms with Crippen LogP contribution in [-0.2, 0) is 6.42 Å². The summed E-state index contributed by atoms with van der Waals surface area (Å²) in [6, 6.07) is 4.12. The largest absolute Gasteiger partial charge is 0.315 e. The van der Waals surface area contributed by atoms with Gasteiger partial charge in [-0.25, -0.2) is 5.84 Å². The zero-order chi connectivity index (χ0) is 11.3. The van der Waals surface area contributed by atoms with Gasteiger partial charge in [0.1, 0.15) is 0 Å². The molecule has 0 fully saturated rings. The summed E-state index contributed by atoms with van der Waals surface area (Å²) in [5, 5.41) is 1.76. The third-order valence-corrected chi connectivity index (χ3v) is 2.48. The molecule has 2 N–H and O–H groups in total. The van der Waals surface area contributed by atoms with E-state index < -0.39 is 0 Å². The molecule has 1 aromatic rings. The fourth-order valence-corrected chi connectivity index (χ4v) is 1.24. The van der Waals surface area contributed by atoms with Crippen LogP contribution in [0, 0.1) is 6.92 Å². The molecule has 0 unspecified atom stereocenters. The number of pyridine rings is 1. The van der Waals surface area contributed by atoms with Gasteiger partial charge in [0.15, 0.2) is 0 Å². The van der Waals surface area contributed by atoms with Crippen LogP contribution in [0.15, 0.2) is 30.1 Å². The molecule has 0 aliphatic carbocycles. The number of hydrogen-bond acceptors (Lipinski definition) is 3. The van der Waals surface area contributed by atoms with Gasteiger partial charge in [-0.05, 0) is 38.8 Å². The van der Waals surface area contributed by atoms with Gasteiger partial charge in [0, 0.05) is 24.1 Å². The van der Waals surface area contributed by atoms with Crippen molar-refractivity contribution >= 4 is 0 Å². The quantitative estimate of drug-likeness (QED) is 0.604. The smallest absolute Gasteiger partial charge is 0.0379 e. The van der Waals surface area contributed by atoms with Crippen molar-refractivity contribution in [2.45, 2.75) is 27.2 Å². The van der Waals surface area contributed by atoms with E-state index in [1.807, 2.05) is 39.1 Å². The summed E-state index contributed by atoms with van der Waals surface area (Å²) in [6.45, 7) is 6.81.